The van der Waals surface area contributed by atoms with Gasteiger partial charge in [-0.2, -0.15) is 0 Å². The van der Waals surface area contributed by atoms with Crippen molar-refractivity contribution in [3.05, 3.63) is 22.1 Å². The van der Waals surface area contributed by atoms with E-state index in [1.807, 2.05) is 0 Å². The van der Waals surface area contributed by atoms with Crippen LogP contribution in [0.25, 0.3) is 0 Å². The second-order valence-corrected chi connectivity index (χ2v) is 4.80. The first-order valence-corrected chi connectivity index (χ1v) is 6.08. The molecular weight excluding hydrogens is 222 g/mol. The zero-order chi connectivity index (χ0) is 12.3. The van der Waals surface area contributed by atoms with E-state index in [1.165, 1.54) is 0 Å². The van der Waals surface area contributed by atoms with E-state index in [0.29, 0.717) is 17.7 Å². The van der Waals surface area contributed by atoms with Gasteiger partial charge in [-0.1, -0.05) is 6.92 Å². The summed E-state index contributed by atoms with van der Waals surface area (Å²) in [5.74, 6) is 1.65. The Hall–Kier alpha value is -1.30. The fraction of sp³-hybridized carbons (Fsp3) is 0.818. The quantitative estimate of drug-likeness (QED) is 0.580. The average molecular weight is 241 g/mol. The number of nitrogens with zero attached hydrogens (tertiary/aromatic N) is 2. The maximum atomic E-state index is 10.6. The minimum absolute atomic E-state index is 0.394. The molecule has 0 bridgehead atoms. The van der Waals surface area contributed by atoms with Crippen molar-refractivity contribution in [2.45, 2.75) is 13.3 Å². The lowest BCUT2D eigenvalue weighted by Crippen LogP contribution is -2.43. The van der Waals surface area contributed by atoms with Gasteiger partial charge in [0.05, 0.1) is 11.5 Å². The molecule has 2 heterocycles. The molecule has 2 saturated heterocycles. The Kier molecular flexibility index (Phi) is 3.83. The highest BCUT2D eigenvalue weighted by Gasteiger charge is 2.28. The zero-order valence-corrected chi connectivity index (χ0v) is 10.1. The van der Waals surface area contributed by atoms with Crippen LogP contribution in [0.4, 0.5) is 0 Å². The van der Waals surface area contributed by atoms with Gasteiger partial charge in [-0.05, 0) is 12.3 Å². The van der Waals surface area contributed by atoms with E-state index in [-0.39, 0.29) is 0 Å². The molecule has 0 aromatic rings. The highest BCUT2D eigenvalue weighted by molar-refractivity contribution is 4.98. The second-order valence-electron chi connectivity index (χ2n) is 4.80. The molecule has 0 aromatic carbocycles. The highest BCUT2D eigenvalue weighted by Crippen LogP contribution is 2.23. The van der Waals surface area contributed by atoms with Crippen LogP contribution in [0.5, 0.6) is 0 Å². The van der Waals surface area contributed by atoms with Crippen molar-refractivity contribution in [2.24, 2.45) is 11.8 Å². The molecule has 96 valence electrons. The third-order valence-electron chi connectivity index (χ3n) is 3.45. The van der Waals surface area contributed by atoms with Gasteiger partial charge in [0, 0.05) is 32.2 Å². The normalized spacial score (nSPS) is 31.6. The summed E-state index contributed by atoms with van der Waals surface area (Å²) in [6.07, 6.45) is 2.09. The molecule has 2 atom stereocenters. The molecule has 2 aliphatic heterocycles. The lowest BCUT2D eigenvalue weighted by Gasteiger charge is -2.33. The molecule has 6 nitrogen and oxygen atoms in total. The lowest BCUT2D eigenvalue weighted by molar-refractivity contribution is -0.404. The Bertz CT molecular complexity index is 319. The molecule has 2 fully saturated rings. The van der Waals surface area contributed by atoms with Crippen molar-refractivity contribution >= 4 is 0 Å². The van der Waals surface area contributed by atoms with Crippen LogP contribution in [0, 0.1) is 22.0 Å². The van der Waals surface area contributed by atoms with Crippen LogP contribution in [0.3, 0.4) is 0 Å². The third-order valence-corrected chi connectivity index (χ3v) is 3.45. The molecule has 0 aromatic heterocycles. The van der Waals surface area contributed by atoms with E-state index < -0.39 is 4.92 Å². The zero-order valence-electron chi connectivity index (χ0n) is 10.1. The smallest absolute Gasteiger partial charge is 0.274 e. The van der Waals surface area contributed by atoms with Crippen molar-refractivity contribution in [2.75, 3.05) is 32.8 Å². The first-order chi connectivity index (χ1) is 8.16. The van der Waals surface area contributed by atoms with Crippen molar-refractivity contribution in [3.8, 4) is 0 Å². The van der Waals surface area contributed by atoms with Crippen LogP contribution >= 0.6 is 0 Å². The summed E-state index contributed by atoms with van der Waals surface area (Å²) in [5.41, 5.74) is 0. The predicted molar refractivity (Wildman–Crippen MR) is 62.7 cm³/mol. The van der Waals surface area contributed by atoms with E-state index in [4.69, 9.17) is 4.74 Å². The van der Waals surface area contributed by atoms with Crippen molar-refractivity contribution in [3.63, 3.8) is 0 Å². The van der Waals surface area contributed by atoms with Crippen molar-refractivity contribution < 1.29 is 9.66 Å². The molecule has 0 spiro atoms. The van der Waals surface area contributed by atoms with Crippen LogP contribution in [-0.4, -0.2) is 42.7 Å². The minimum atomic E-state index is -0.394. The van der Waals surface area contributed by atoms with Gasteiger partial charge < -0.3 is 15.0 Å². The van der Waals surface area contributed by atoms with Gasteiger partial charge in [-0.15, -0.1) is 0 Å². The molecule has 0 saturated carbocycles. The van der Waals surface area contributed by atoms with Gasteiger partial charge in [-0.3, -0.25) is 10.1 Å². The van der Waals surface area contributed by atoms with E-state index in [2.05, 4.69) is 17.1 Å². The summed E-state index contributed by atoms with van der Waals surface area (Å²) in [7, 11) is 0. The molecule has 6 heteroatoms. The van der Waals surface area contributed by atoms with Crippen molar-refractivity contribution in [1.29, 1.82) is 0 Å². The van der Waals surface area contributed by atoms with Crippen LogP contribution in [0.15, 0.2) is 12.0 Å². The van der Waals surface area contributed by atoms with Gasteiger partial charge in [0.2, 0.25) is 0 Å². The summed E-state index contributed by atoms with van der Waals surface area (Å²) < 4.78 is 5.43. The predicted octanol–water partition coefficient (Wildman–Crippen LogP) is 0.640. The van der Waals surface area contributed by atoms with Gasteiger partial charge in [0.25, 0.3) is 6.20 Å². The first-order valence-electron chi connectivity index (χ1n) is 6.08. The summed E-state index contributed by atoms with van der Waals surface area (Å²) in [6.45, 7) is 6.28. The molecule has 0 radical (unpaired) electrons. The molecule has 0 amide bonds. The number of nitrogens with one attached hydrogen (secondary N) is 1. The molecule has 1 N–H and O–H groups in total. The Balaban J connectivity index is 1.99. The van der Waals surface area contributed by atoms with E-state index in [1.54, 1.807) is 0 Å². The summed E-state index contributed by atoms with van der Waals surface area (Å²) in [4.78, 5) is 12.2. The lowest BCUT2D eigenvalue weighted by atomic mass is 9.97. The van der Waals surface area contributed by atoms with E-state index in [9.17, 15) is 10.1 Å². The Labute approximate surface area is 101 Å². The molecule has 2 rings (SSSR count). The SMILES string of the molecule is CC1COCC1CN1CCCN/C1=C\[N+](=O)[O-]. The second kappa shape index (κ2) is 5.35. The fourth-order valence-electron chi connectivity index (χ4n) is 2.36. The Morgan fingerprint density at radius 3 is 3.12 bits per heavy atom. The minimum Gasteiger partial charge on any atom is -0.381 e. The highest BCUT2D eigenvalue weighted by atomic mass is 16.6. The average Bonchev–Trinajstić information content (AvgIpc) is 2.67. The summed E-state index contributed by atoms with van der Waals surface area (Å²) in [5, 5.41) is 13.6. The van der Waals surface area contributed by atoms with Crippen LogP contribution < -0.4 is 5.32 Å². The standard InChI is InChI=1S/C11H19N3O3/c1-9-7-17-8-10(9)5-13-4-2-3-12-11(13)6-14(15)16/h6,9-10,12H,2-5,7-8H2,1H3/b11-6+. The first kappa shape index (κ1) is 12.2. The van der Waals surface area contributed by atoms with Gasteiger partial charge in [0.15, 0.2) is 5.82 Å². The van der Waals surface area contributed by atoms with Crippen LogP contribution in [-0.2, 0) is 4.74 Å². The largest absolute Gasteiger partial charge is 0.381 e. The molecule has 2 aliphatic rings. The maximum Gasteiger partial charge on any atom is 0.274 e. The maximum absolute atomic E-state index is 10.6. The van der Waals surface area contributed by atoms with Gasteiger partial charge >= 0.3 is 0 Å². The molecule has 0 aliphatic carbocycles. The third kappa shape index (κ3) is 3.09. The number of hydrogen-bond acceptors (Lipinski definition) is 5. The Morgan fingerprint density at radius 2 is 2.47 bits per heavy atom. The molecular formula is C11H19N3O3. The number of hydrogen-bond donors (Lipinski definition) is 1. The number of ether oxygens (including phenoxy) is 1. The topological polar surface area (TPSA) is 67.6 Å². The molecule has 2 unspecified atom stereocenters. The van der Waals surface area contributed by atoms with Crippen LogP contribution in [0.1, 0.15) is 13.3 Å². The van der Waals surface area contributed by atoms with Crippen LogP contribution in [0.2, 0.25) is 0 Å². The number of nitro groups is 1. The van der Waals surface area contributed by atoms with E-state index >= 15 is 0 Å². The summed E-state index contributed by atoms with van der Waals surface area (Å²) >= 11 is 0. The van der Waals surface area contributed by atoms with Gasteiger partial charge in [0.1, 0.15) is 0 Å². The summed E-state index contributed by atoms with van der Waals surface area (Å²) in [6, 6.07) is 0. The number of rotatable bonds is 3. The molecule has 17 heavy (non-hydrogen) atoms. The van der Waals surface area contributed by atoms with Gasteiger partial charge in [-0.25, -0.2) is 0 Å². The monoisotopic (exact) mass is 241 g/mol. The fourth-order valence-corrected chi connectivity index (χ4v) is 2.36. The Morgan fingerprint density at radius 1 is 1.65 bits per heavy atom. The van der Waals surface area contributed by atoms with E-state index in [0.717, 1.165) is 45.5 Å². The van der Waals surface area contributed by atoms with Crippen molar-refractivity contribution in [1.82, 2.24) is 10.2 Å².